The standard InChI is InChI=1S/C15H13BrFN3S/c1-8-7-11(21-14(8)16)13-12(15(18)20(2)19-13)9-5-3-4-6-10(9)17/h3-7H,18H2,1-2H3. The van der Waals surface area contributed by atoms with Crippen LogP contribution >= 0.6 is 27.3 Å². The Morgan fingerprint density at radius 2 is 2.05 bits per heavy atom. The van der Waals surface area contributed by atoms with Gasteiger partial charge in [-0.2, -0.15) is 5.10 Å². The Morgan fingerprint density at radius 1 is 1.33 bits per heavy atom. The summed E-state index contributed by atoms with van der Waals surface area (Å²) in [6.45, 7) is 2.01. The number of hydrogen-bond donors (Lipinski definition) is 1. The minimum Gasteiger partial charge on any atom is -0.383 e. The van der Waals surface area contributed by atoms with Crippen LogP contribution in [0.4, 0.5) is 10.2 Å². The van der Waals surface area contributed by atoms with E-state index in [4.69, 9.17) is 5.73 Å². The van der Waals surface area contributed by atoms with Gasteiger partial charge in [0.2, 0.25) is 0 Å². The van der Waals surface area contributed by atoms with E-state index >= 15 is 0 Å². The Bertz CT molecular complexity index is 803. The van der Waals surface area contributed by atoms with Crippen LogP contribution in [0.2, 0.25) is 0 Å². The molecule has 3 rings (SSSR count). The molecule has 3 aromatic rings. The largest absolute Gasteiger partial charge is 0.383 e. The molecule has 0 aliphatic rings. The molecule has 2 N–H and O–H groups in total. The number of hydrogen-bond acceptors (Lipinski definition) is 3. The summed E-state index contributed by atoms with van der Waals surface area (Å²) < 4.78 is 16.8. The van der Waals surface area contributed by atoms with Crippen molar-refractivity contribution in [1.82, 2.24) is 9.78 Å². The van der Waals surface area contributed by atoms with Crippen LogP contribution in [0.25, 0.3) is 21.7 Å². The minimum absolute atomic E-state index is 0.300. The van der Waals surface area contributed by atoms with Gasteiger partial charge in [0, 0.05) is 12.6 Å². The lowest BCUT2D eigenvalue weighted by Gasteiger charge is -2.04. The first-order chi connectivity index (χ1) is 9.99. The van der Waals surface area contributed by atoms with Crippen molar-refractivity contribution < 1.29 is 4.39 Å². The van der Waals surface area contributed by atoms with Crippen LogP contribution in [-0.4, -0.2) is 9.78 Å². The van der Waals surface area contributed by atoms with Crippen LogP contribution in [0, 0.1) is 12.7 Å². The molecule has 3 nitrogen and oxygen atoms in total. The molecular weight excluding hydrogens is 353 g/mol. The van der Waals surface area contributed by atoms with Gasteiger partial charge in [-0.15, -0.1) is 11.3 Å². The van der Waals surface area contributed by atoms with Crippen molar-refractivity contribution in [2.45, 2.75) is 6.92 Å². The second kappa shape index (κ2) is 5.27. The molecule has 21 heavy (non-hydrogen) atoms. The van der Waals surface area contributed by atoms with E-state index in [1.54, 1.807) is 41.3 Å². The molecule has 0 radical (unpaired) electrons. The van der Waals surface area contributed by atoms with Gasteiger partial charge >= 0.3 is 0 Å². The SMILES string of the molecule is Cc1cc(-c2nn(C)c(N)c2-c2ccccc2F)sc1Br. The zero-order valence-corrected chi connectivity index (χ0v) is 13.9. The lowest BCUT2D eigenvalue weighted by molar-refractivity contribution is 0.631. The van der Waals surface area contributed by atoms with E-state index < -0.39 is 0 Å². The Kier molecular flexibility index (Phi) is 3.59. The summed E-state index contributed by atoms with van der Waals surface area (Å²) in [5.41, 5.74) is 9.06. The van der Waals surface area contributed by atoms with Crippen LogP contribution in [0.5, 0.6) is 0 Å². The monoisotopic (exact) mass is 365 g/mol. The van der Waals surface area contributed by atoms with Gasteiger partial charge in [0.25, 0.3) is 0 Å². The van der Waals surface area contributed by atoms with Gasteiger partial charge in [-0.05, 0) is 40.5 Å². The molecule has 1 aromatic carbocycles. The lowest BCUT2D eigenvalue weighted by atomic mass is 10.0. The van der Waals surface area contributed by atoms with Crippen LogP contribution in [0.3, 0.4) is 0 Å². The third-order valence-corrected chi connectivity index (χ3v) is 5.47. The molecule has 0 bridgehead atoms. The molecular formula is C15H13BrFN3S. The quantitative estimate of drug-likeness (QED) is 0.720. The maximum atomic E-state index is 14.1. The van der Waals surface area contributed by atoms with Gasteiger partial charge < -0.3 is 5.73 Å². The van der Waals surface area contributed by atoms with E-state index in [9.17, 15) is 4.39 Å². The Labute approximate surface area is 134 Å². The number of halogens is 2. The highest BCUT2D eigenvalue weighted by atomic mass is 79.9. The second-order valence-electron chi connectivity index (χ2n) is 4.78. The fourth-order valence-electron chi connectivity index (χ4n) is 2.22. The molecule has 0 aliphatic carbocycles. The molecule has 0 saturated carbocycles. The average molecular weight is 366 g/mol. The molecule has 0 atom stereocenters. The highest BCUT2D eigenvalue weighted by Gasteiger charge is 2.21. The third-order valence-electron chi connectivity index (χ3n) is 3.33. The first-order valence-electron chi connectivity index (χ1n) is 6.32. The molecule has 0 saturated heterocycles. The molecule has 108 valence electrons. The minimum atomic E-state index is -0.300. The average Bonchev–Trinajstić information content (AvgIpc) is 2.93. The number of nitrogens with zero attached hydrogens (tertiary/aromatic N) is 2. The van der Waals surface area contributed by atoms with Crippen molar-refractivity contribution in [3.05, 3.63) is 45.5 Å². The summed E-state index contributed by atoms with van der Waals surface area (Å²) in [5, 5.41) is 4.47. The number of thiophene rings is 1. The lowest BCUT2D eigenvalue weighted by Crippen LogP contribution is -1.98. The Hall–Kier alpha value is -1.66. The maximum absolute atomic E-state index is 14.1. The number of benzene rings is 1. The van der Waals surface area contributed by atoms with Crippen molar-refractivity contribution in [1.29, 1.82) is 0 Å². The van der Waals surface area contributed by atoms with Crippen LogP contribution in [0.15, 0.2) is 34.1 Å². The normalized spacial score (nSPS) is 11.0. The predicted octanol–water partition coefficient (Wildman–Crippen LogP) is 4.61. The maximum Gasteiger partial charge on any atom is 0.131 e. The summed E-state index contributed by atoms with van der Waals surface area (Å²) in [5.74, 6) is 0.156. The Balaban J connectivity index is 2.28. The van der Waals surface area contributed by atoms with Gasteiger partial charge in [0.1, 0.15) is 17.3 Å². The fourth-order valence-corrected chi connectivity index (χ4v) is 3.74. The van der Waals surface area contributed by atoms with Gasteiger partial charge in [0.15, 0.2) is 0 Å². The highest BCUT2D eigenvalue weighted by Crippen LogP contribution is 2.41. The van der Waals surface area contributed by atoms with Gasteiger partial charge in [-0.25, -0.2) is 4.39 Å². The topological polar surface area (TPSA) is 43.8 Å². The Morgan fingerprint density at radius 3 is 2.67 bits per heavy atom. The molecule has 0 aliphatic heterocycles. The van der Waals surface area contributed by atoms with E-state index in [2.05, 4.69) is 21.0 Å². The summed E-state index contributed by atoms with van der Waals surface area (Å²) in [4.78, 5) is 0.963. The van der Waals surface area contributed by atoms with E-state index in [0.29, 0.717) is 22.6 Å². The molecule has 2 heterocycles. The second-order valence-corrected chi connectivity index (χ2v) is 7.15. The number of nitrogens with two attached hydrogens (primary N) is 1. The molecule has 6 heteroatoms. The van der Waals surface area contributed by atoms with Crippen LogP contribution < -0.4 is 5.73 Å². The highest BCUT2D eigenvalue weighted by molar-refractivity contribution is 9.11. The van der Waals surface area contributed by atoms with E-state index in [1.165, 1.54) is 6.07 Å². The fraction of sp³-hybridized carbons (Fsp3) is 0.133. The molecule has 0 fully saturated rings. The molecule has 0 spiro atoms. The van der Waals surface area contributed by atoms with E-state index in [-0.39, 0.29) is 5.82 Å². The van der Waals surface area contributed by atoms with Crippen molar-refractivity contribution in [2.24, 2.45) is 7.05 Å². The summed E-state index contributed by atoms with van der Waals surface area (Å²) in [6.07, 6.45) is 0. The number of aromatic nitrogens is 2. The first-order valence-corrected chi connectivity index (χ1v) is 7.93. The number of rotatable bonds is 2. The number of anilines is 1. The number of nitrogen functional groups attached to an aromatic ring is 1. The third kappa shape index (κ3) is 2.38. The predicted molar refractivity (Wildman–Crippen MR) is 88.8 cm³/mol. The summed E-state index contributed by atoms with van der Waals surface area (Å²) in [6, 6.07) is 8.64. The summed E-state index contributed by atoms with van der Waals surface area (Å²) in [7, 11) is 1.76. The first kappa shape index (κ1) is 14.3. The van der Waals surface area contributed by atoms with Crippen molar-refractivity contribution in [3.63, 3.8) is 0 Å². The molecule has 0 unspecified atom stereocenters. The smallest absolute Gasteiger partial charge is 0.131 e. The van der Waals surface area contributed by atoms with Crippen molar-refractivity contribution in [3.8, 4) is 21.7 Å². The van der Waals surface area contributed by atoms with Gasteiger partial charge in [-0.3, -0.25) is 4.68 Å². The van der Waals surface area contributed by atoms with E-state index in [0.717, 1.165) is 14.2 Å². The van der Waals surface area contributed by atoms with Crippen molar-refractivity contribution in [2.75, 3.05) is 5.73 Å². The van der Waals surface area contributed by atoms with Gasteiger partial charge in [-0.1, -0.05) is 18.2 Å². The number of aryl methyl sites for hydroxylation is 2. The van der Waals surface area contributed by atoms with Crippen LogP contribution in [-0.2, 0) is 7.05 Å². The zero-order chi connectivity index (χ0) is 15.1. The van der Waals surface area contributed by atoms with Crippen molar-refractivity contribution >= 4 is 33.1 Å². The zero-order valence-electron chi connectivity index (χ0n) is 11.5. The molecule has 2 aromatic heterocycles. The molecule has 0 amide bonds. The summed E-state index contributed by atoms with van der Waals surface area (Å²) >= 11 is 5.08. The van der Waals surface area contributed by atoms with Crippen LogP contribution in [0.1, 0.15) is 5.56 Å². The van der Waals surface area contributed by atoms with E-state index in [1.807, 2.05) is 13.0 Å². The van der Waals surface area contributed by atoms with Gasteiger partial charge in [0.05, 0.1) is 14.2 Å².